The van der Waals surface area contributed by atoms with Crippen LogP contribution >= 0.6 is 0 Å². The molecule has 2 aromatic rings. The predicted molar refractivity (Wildman–Crippen MR) is 85.2 cm³/mol. The number of rotatable bonds is 1. The number of benzene rings is 2. The molecule has 0 saturated heterocycles. The number of fused-ring (bicyclic) bond motifs is 2. The molecule has 1 spiro atoms. The van der Waals surface area contributed by atoms with Crippen molar-refractivity contribution < 1.29 is 9.94 Å². The van der Waals surface area contributed by atoms with E-state index in [9.17, 15) is 0 Å². The highest BCUT2D eigenvalue weighted by Gasteiger charge is 2.46. The van der Waals surface area contributed by atoms with Crippen molar-refractivity contribution in [3.63, 3.8) is 0 Å². The Labute approximate surface area is 130 Å². The van der Waals surface area contributed by atoms with Crippen molar-refractivity contribution in [1.29, 1.82) is 0 Å². The summed E-state index contributed by atoms with van der Waals surface area (Å²) in [4.78, 5) is 0. The van der Waals surface area contributed by atoms with Gasteiger partial charge in [0.1, 0.15) is 6.10 Å². The van der Waals surface area contributed by atoms with Crippen molar-refractivity contribution >= 4 is 5.71 Å². The summed E-state index contributed by atoms with van der Waals surface area (Å²) in [6, 6.07) is 19.0. The van der Waals surface area contributed by atoms with Gasteiger partial charge in [0, 0.05) is 0 Å². The standard InChI is InChI=1S/C19H19NO2/c21-20-15-10-12-19(13-11-15)17-9-5-4-8-16(17)18(22-19)14-6-2-1-3-7-14/h1-9,18,21H,10-13H2. The van der Waals surface area contributed by atoms with Crippen LogP contribution in [0.3, 0.4) is 0 Å². The van der Waals surface area contributed by atoms with Crippen molar-refractivity contribution in [2.75, 3.05) is 0 Å². The van der Waals surface area contributed by atoms with Crippen LogP contribution in [0.15, 0.2) is 59.8 Å². The van der Waals surface area contributed by atoms with Crippen LogP contribution in [0.5, 0.6) is 0 Å². The minimum absolute atomic E-state index is 0.00464. The van der Waals surface area contributed by atoms with Crippen LogP contribution in [0.1, 0.15) is 48.5 Å². The summed E-state index contributed by atoms with van der Waals surface area (Å²) < 4.78 is 6.60. The van der Waals surface area contributed by atoms with E-state index < -0.39 is 0 Å². The minimum atomic E-state index is -0.231. The highest BCUT2D eigenvalue weighted by atomic mass is 16.5. The first-order valence-electron chi connectivity index (χ1n) is 7.84. The maximum atomic E-state index is 8.99. The van der Waals surface area contributed by atoms with Gasteiger partial charge in [-0.15, -0.1) is 0 Å². The van der Waals surface area contributed by atoms with Gasteiger partial charge in [0.25, 0.3) is 0 Å². The highest BCUT2D eigenvalue weighted by molar-refractivity contribution is 5.85. The molecule has 4 rings (SSSR count). The molecule has 3 heteroatoms. The minimum Gasteiger partial charge on any atom is -0.411 e. The number of oxime groups is 1. The van der Waals surface area contributed by atoms with Crippen molar-refractivity contribution in [3.05, 3.63) is 71.3 Å². The normalized spacial score (nSPS) is 26.9. The lowest BCUT2D eigenvalue weighted by molar-refractivity contribution is -0.0744. The van der Waals surface area contributed by atoms with Gasteiger partial charge in [0.05, 0.1) is 11.3 Å². The molecule has 0 amide bonds. The highest BCUT2D eigenvalue weighted by Crippen LogP contribution is 2.52. The molecule has 1 atom stereocenters. The average Bonchev–Trinajstić information content (AvgIpc) is 2.91. The quantitative estimate of drug-likeness (QED) is 0.625. The van der Waals surface area contributed by atoms with Crippen LogP contribution in [-0.2, 0) is 10.3 Å². The van der Waals surface area contributed by atoms with E-state index in [1.54, 1.807) is 0 Å². The molecule has 0 radical (unpaired) electrons. The van der Waals surface area contributed by atoms with Crippen molar-refractivity contribution in [1.82, 2.24) is 0 Å². The Balaban J connectivity index is 1.75. The molecule has 1 N–H and O–H groups in total. The fourth-order valence-corrected chi connectivity index (χ4v) is 3.80. The molecule has 1 unspecified atom stereocenters. The van der Waals surface area contributed by atoms with E-state index in [-0.39, 0.29) is 11.7 Å². The van der Waals surface area contributed by atoms with Crippen LogP contribution in [-0.4, -0.2) is 10.9 Å². The molecule has 0 bridgehead atoms. The molecule has 2 aromatic carbocycles. The molecule has 3 nitrogen and oxygen atoms in total. The third kappa shape index (κ3) is 2.04. The SMILES string of the molecule is ON=C1CCC2(CC1)OC(c1ccccc1)c1ccccc12. The fourth-order valence-electron chi connectivity index (χ4n) is 3.80. The average molecular weight is 293 g/mol. The molecule has 1 aliphatic heterocycles. The van der Waals surface area contributed by atoms with E-state index in [1.165, 1.54) is 16.7 Å². The molecular formula is C19H19NO2. The monoisotopic (exact) mass is 293 g/mol. The third-order valence-electron chi connectivity index (χ3n) is 4.96. The largest absolute Gasteiger partial charge is 0.411 e. The van der Waals surface area contributed by atoms with E-state index in [0.29, 0.717) is 0 Å². The van der Waals surface area contributed by atoms with Gasteiger partial charge < -0.3 is 9.94 Å². The van der Waals surface area contributed by atoms with Crippen molar-refractivity contribution in [2.24, 2.45) is 5.16 Å². The van der Waals surface area contributed by atoms with E-state index in [0.717, 1.165) is 31.4 Å². The summed E-state index contributed by atoms with van der Waals surface area (Å²) in [5.41, 5.74) is 4.44. The van der Waals surface area contributed by atoms with Gasteiger partial charge in [0.15, 0.2) is 0 Å². The van der Waals surface area contributed by atoms with E-state index >= 15 is 0 Å². The summed E-state index contributed by atoms with van der Waals surface area (Å²) in [5, 5.41) is 12.4. The lowest BCUT2D eigenvalue weighted by Crippen LogP contribution is -2.31. The lowest BCUT2D eigenvalue weighted by atomic mass is 9.78. The first kappa shape index (κ1) is 13.5. The fraction of sp³-hybridized carbons (Fsp3) is 0.316. The Kier molecular flexibility index (Phi) is 3.23. The molecule has 2 aliphatic rings. The Morgan fingerprint density at radius 1 is 0.955 bits per heavy atom. The second kappa shape index (κ2) is 5.25. The van der Waals surface area contributed by atoms with Crippen molar-refractivity contribution in [3.8, 4) is 0 Å². The van der Waals surface area contributed by atoms with Crippen LogP contribution < -0.4 is 0 Å². The Morgan fingerprint density at radius 3 is 2.36 bits per heavy atom. The summed E-state index contributed by atoms with van der Waals surface area (Å²) >= 11 is 0. The smallest absolute Gasteiger partial charge is 0.109 e. The first-order valence-corrected chi connectivity index (χ1v) is 7.84. The van der Waals surface area contributed by atoms with Crippen LogP contribution in [0.25, 0.3) is 0 Å². The molecular weight excluding hydrogens is 274 g/mol. The zero-order chi connectivity index (χ0) is 15.0. The van der Waals surface area contributed by atoms with Crippen LogP contribution in [0.4, 0.5) is 0 Å². The van der Waals surface area contributed by atoms with Crippen LogP contribution in [0.2, 0.25) is 0 Å². The summed E-state index contributed by atoms with van der Waals surface area (Å²) in [6.07, 6.45) is 3.36. The van der Waals surface area contributed by atoms with E-state index in [2.05, 4.69) is 53.7 Å². The van der Waals surface area contributed by atoms with Gasteiger partial charge in [-0.1, -0.05) is 59.8 Å². The number of ether oxygens (including phenoxy) is 1. The maximum Gasteiger partial charge on any atom is 0.109 e. The topological polar surface area (TPSA) is 41.8 Å². The summed E-state index contributed by atoms with van der Waals surface area (Å²) in [7, 11) is 0. The van der Waals surface area contributed by atoms with E-state index in [1.807, 2.05) is 6.07 Å². The van der Waals surface area contributed by atoms with Gasteiger partial charge in [-0.2, -0.15) is 0 Å². The molecule has 1 fully saturated rings. The van der Waals surface area contributed by atoms with E-state index in [4.69, 9.17) is 9.94 Å². The second-order valence-corrected chi connectivity index (χ2v) is 6.16. The molecule has 1 heterocycles. The van der Waals surface area contributed by atoms with Gasteiger partial charge >= 0.3 is 0 Å². The number of hydrogen-bond donors (Lipinski definition) is 1. The third-order valence-corrected chi connectivity index (χ3v) is 4.96. The Bertz CT molecular complexity index is 698. The van der Waals surface area contributed by atoms with Gasteiger partial charge in [0.2, 0.25) is 0 Å². The predicted octanol–water partition coefficient (Wildman–Crippen LogP) is 4.41. The summed E-state index contributed by atoms with van der Waals surface area (Å²) in [5.74, 6) is 0. The number of hydrogen-bond acceptors (Lipinski definition) is 3. The lowest BCUT2D eigenvalue weighted by Gasteiger charge is -2.34. The van der Waals surface area contributed by atoms with Crippen LogP contribution in [0, 0.1) is 0 Å². The Hall–Kier alpha value is -2.13. The molecule has 22 heavy (non-hydrogen) atoms. The zero-order valence-corrected chi connectivity index (χ0v) is 12.4. The molecule has 1 aliphatic carbocycles. The molecule has 1 saturated carbocycles. The first-order chi connectivity index (χ1) is 10.8. The van der Waals surface area contributed by atoms with Crippen molar-refractivity contribution in [2.45, 2.75) is 37.4 Å². The second-order valence-electron chi connectivity index (χ2n) is 6.16. The molecule has 0 aromatic heterocycles. The zero-order valence-electron chi connectivity index (χ0n) is 12.4. The maximum absolute atomic E-state index is 8.99. The van der Waals surface area contributed by atoms with Gasteiger partial charge in [-0.25, -0.2) is 0 Å². The Morgan fingerprint density at radius 2 is 1.64 bits per heavy atom. The summed E-state index contributed by atoms with van der Waals surface area (Å²) in [6.45, 7) is 0. The van der Waals surface area contributed by atoms with Gasteiger partial charge in [-0.05, 0) is 42.4 Å². The number of nitrogens with zero attached hydrogens (tertiary/aromatic N) is 1. The van der Waals surface area contributed by atoms with Gasteiger partial charge in [-0.3, -0.25) is 0 Å². The molecule has 112 valence electrons.